The molecule has 1 heterocycles. The van der Waals surface area contributed by atoms with Gasteiger partial charge in [0, 0.05) is 0 Å². The molecule has 0 unspecified atom stereocenters. The first-order valence-corrected chi connectivity index (χ1v) is 5.35. The lowest BCUT2D eigenvalue weighted by atomic mass is 10.2. The normalized spacial score (nSPS) is 11.4. The molecule has 88 valence electrons. The Balaban J connectivity index is 1.94. The molecule has 0 N–H and O–H groups in total. The van der Waals surface area contributed by atoms with E-state index in [-0.39, 0.29) is 5.82 Å². The highest BCUT2D eigenvalue weighted by atomic mass is 19.1. The molecule has 0 aliphatic rings. The molecule has 0 radical (unpaired) electrons. The van der Waals surface area contributed by atoms with E-state index < -0.39 is 0 Å². The van der Waals surface area contributed by atoms with Crippen molar-refractivity contribution in [2.75, 3.05) is 0 Å². The highest BCUT2D eigenvalue weighted by molar-refractivity contribution is 5.86. The Morgan fingerprint density at radius 1 is 0.944 bits per heavy atom. The Morgan fingerprint density at radius 3 is 2.56 bits per heavy atom. The maximum absolute atomic E-state index is 12.7. The van der Waals surface area contributed by atoms with Crippen LogP contribution >= 0.6 is 0 Å². The van der Waals surface area contributed by atoms with Gasteiger partial charge in [-0.25, -0.2) is 4.39 Å². The summed E-state index contributed by atoms with van der Waals surface area (Å²) in [4.78, 5) is 0. The van der Waals surface area contributed by atoms with Crippen molar-refractivity contribution < 1.29 is 8.91 Å². The van der Waals surface area contributed by atoms with Crippen molar-refractivity contribution in [3.8, 4) is 0 Å². The van der Waals surface area contributed by atoms with Gasteiger partial charge < -0.3 is 4.52 Å². The monoisotopic (exact) mass is 241 g/mol. The summed E-state index contributed by atoms with van der Waals surface area (Å²) in [5.41, 5.74) is 1.28. The predicted octanol–water partition coefficient (Wildman–Crippen LogP) is 4.38. The van der Waals surface area contributed by atoms with Crippen molar-refractivity contribution in [2.24, 2.45) is 10.2 Å². The third-order valence-corrected chi connectivity index (χ3v) is 2.45. The molecular formula is C13H8FN3O. The second-order valence-electron chi connectivity index (χ2n) is 3.68. The smallest absolute Gasteiger partial charge is 0.277 e. The Kier molecular flexibility index (Phi) is 2.57. The van der Waals surface area contributed by atoms with Crippen molar-refractivity contribution in [3.63, 3.8) is 0 Å². The molecule has 0 aliphatic carbocycles. The van der Waals surface area contributed by atoms with Crippen molar-refractivity contribution in [3.05, 3.63) is 54.3 Å². The first-order valence-electron chi connectivity index (χ1n) is 5.35. The first kappa shape index (κ1) is 10.6. The van der Waals surface area contributed by atoms with Crippen molar-refractivity contribution in [2.45, 2.75) is 0 Å². The Labute approximate surface area is 102 Å². The van der Waals surface area contributed by atoms with E-state index in [0.717, 1.165) is 10.9 Å². The van der Waals surface area contributed by atoms with E-state index in [1.807, 2.05) is 24.3 Å². The van der Waals surface area contributed by atoms with Gasteiger partial charge in [-0.2, -0.15) is 0 Å². The van der Waals surface area contributed by atoms with E-state index in [9.17, 15) is 4.39 Å². The zero-order chi connectivity index (χ0) is 12.4. The topological polar surface area (TPSA) is 50.8 Å². The number of rotatable bonds is 2. The molecule has 1 aromatic heterocycles. The molecule has 0 atom stereocenters. The van der Waals surface area contributed by atoms with Gasteiger partial charge in [-0.1, -0.05) is 17.3 Å². The Hall–Kier alpha value is -2.56. The number of hydrogen-bond acceptors (Lipinski definition) is 4. The molecule has 4 nitrogen and oxygen atoms in total. The molecule has 0 spiro atoms. The third kappa shape index (κ3) is 1.98. The quantitative estimate of drug-likeness (QED) is 0.625. The number of nitrogens with zero attached hydrogens (tertiary/aromatic N) is 3. The van der Waals surface area contributed by atoms with Gasteiger partial charge in [0.25, 0.3) is 5.88 Å². The summed E-state index contributed by atoms with van der Waals surface area (Å²) in [6.07, 6.45) is 0. The van der Waals surface area contributed by atoms with Crippen LogP contribution in [0.3, 0.4) is 0 Å². The van der Waals surface area contributed by atoms with Gasteiger partial charge in [-0.05, 0) is 36.4 Å². The predicted molar refractivity (Wildman–Crippen MR) is 64.6 cm³/mol. The number of azo groups is 1. The van der Waals surface area contributed by atoms with Gasteiger partial charge >= 0.3 is 0 Å². The molecule has 0 aliphatic heterocycles. The zero-order valence-corrected chi connectivity index (χ0v) is 9.25. The SMILES string of the molecule is Fc1ccc(N=Nc2onc3ccccc23)cc1. The van der Waals surface area contributed by atoms with Crippen LogP contribution < -0.4 is 0 Å². The molecule has 0 fully saturated rings. The number of benzene rings is 2. The fraction of sp³-hybridized carbons (Fsp3) is 0. The summed E-state index contributed by atoms with van der Waals surface area (Å²) in [5.74, 6) is 0.0361. The van der Waals surface area contributed by atoms with E-state index in [4.69, 9.17) is 4.52 Å². The molecule has 3 aromatic rings. The minimum Gasteiger partial charge on any atom is -0.334 e. The molecular weight excluding hydrogens is 233 g/mol. The molecule has 0 saturated heterocycles. The number of aromatic nitrogens is 1. The third-order valence-electron chi connectivity index (χ3n) is 2.45. The molecule has 0 bridgehead atoms. The van der Waals surface area contributed by atoms with Crippen LogP contribution in [-0.4, -0.2) is 5.16 Å². The molecule has 0 saturated carbocycles. The highest BCUT2D eigenvalue weighted by Gasteiger charge is 2.05. The van der Waals surface area contributed by atoms with Crippen LogP contribution in [0.1, 0.15) is 0 Å². The van der Waals surface area contributed by atoms with Crippen molar-refractivity contribution in [1.82, 2.24) is 5.16 Å². The Morgan fingerprint density at radius 2 is 1.72 bits per heavy atom. The van der Waals surface area contributed by atoms with E-state index in [1.54, 1.807) is 0 Å². The summed E-state index contributed by atoms with van der Waals surface area (Å²) in [7, 11) is 0. The fourth-order valence-electron chi connectivity index (χ4n) is 1.56. The molecule has 2 aromatic carbocycles. The standard InChI is InChI=1S/C13H8FN3O/c14-9-5-7-10(8-6-9)15-16-13-11-3-1-2-4-12(11)17-18-13/h1-8H. The highest BCUT2D eigenvalue weighted by Crippen LogP contribution is 2.27. The fourth-order valence-corrected chi connectivity index (χ4v) is 1.56. The largest absolute Gasteiger partial charge is 0.334 e. The average Bonchev–Trinajstić information content (AvgIpc) is 2.82. The molecule has 3 rings (SSSR count). The lowest BCUT2D eigenvalue weighted by Crippen LogP contribution is -1.69. The van der Waals surface area contributed by atoms with Crippen LogP contribution in [0.5, 0.6) is 0 Å². The van der Waals surface area contributed by atoms with Gasteiger partial charge in [0.1, 0.15) is 11.3 Å². The second kappa shape index (κ2) is 4.37. The van der Waals surface area contributed by atoms with E-state index >= 15 is 0 Å². The van der Waals surface area contributed by atoms with Gasteiger partial charge in [0.2, 0.25) is 0 Å². The summed E-state index contributed by atoms with van der Waals surface area (Å²) in [6, 6.07) is 13.2. The Bertz CT molecular complexity index is 704. The number of hydrogen-bond donors (Lipinski definition) is 0. The van der Waals surface area contributed by atoms with Gasteiger partial charge in [0.15, 0.2) is 0 Å². The maximum Gasteiger partial charge on any atom is 0.277 e. The summed E-state index contributed by atoms with van der Waals surface area (Å²) >= 11 is 0. The number of halogens is 1. The van der Waals surface area contributed by atoms with E-state index in [0.29, 0.717) is 11.6 Å². The molecule has 5 heteroatoms. The lowest BCUT2D eigenvalue weighted by molar-refractivity contribution is 0.436. The lowest BCUT2D eigenvalue weighted by Gasteiger charge is -1.90. The minimum absolute atomic E-state index is 0.306. The van der Waals surface area contributed by atoms with Crippen molar-refractivity contribution in [1.29, 1.82) is 0 Å². The molecule has 18 heavy (non-hydrogen) atoms. The van der Waals surface area contributed by atoms with E-state index in [2.05, 4.69) is 15.4 Å². The van der Waals surface area contributed by atoms with Gasteiger partial charge in [-0.15, -0.1) is 10.2 Å². The van der Waals surface area contributed by atoms with Crippen LogP contribution in [0.15, 0.2) is 63.3 Å². The van der Waals surface area contributed by atoms with Crippen LogP contribution in [0.2, 0.25) is 0 Å². The van der Waals surface area contributed by atoms with Crippen LogP contribution in [0, 0.1) is 5.82 Å². The van der Waals surface area contributed by atoms with Crippen molar-refractivity contribution >= 4 is 22.5 Å². The molecule has 0 amide bonds. The maximum atomic E-state index is 12.7. The summed E-state index contributed by atoms with van der Waals surface area (Å²) in [5, 5.41) is 12.6. The van der Waals surface area contributed by atoms with Crippen LogP contribution in [-0.2, 0) is 0 Å². The van der Waals surface area contributed by atoms with Crippen LogP contribution in [0.25, 0.3) is 10.9 Å². The second-order valence-corrected chi connectivity index (χ2v) is 3.68. The first-order chi connectivity index (χ1) is 8.83. The zero-order valence-electron chi connectivity index (χ0n) is 9.25. The van der Waals surface area contributed by atoms with Gasteiger partial charge in [0.05, 0.1) is 11.1 Å². The van der Waals surface area contributed by atoms with Gasteiger partial charge in [-0.3, -0.25) is 0 Å². The van der Waals surface area contributed by atoms with Crippen LogP contribution in [0.4, 0.5) is 16.0 Å². The average molecular weight is 241 g/mol. The number of fused-ring (bicyclic) bond motifs is 1. The van der Waals surface area contributed by atoms with E-state index in [1.165, 1.54) is 24.3 Å². The summed E-state index contributed by atoms with van der Waals surface area (Å²) in [6.45, 7) is 0. The summed E-state index contributed by atoms with van der Waals surface area (Å²) < 4.78 is 17.8. The minimum atomic E-state index is -0.306.